The number of benzene rings is 1. The van der Waals surface area contributed by atoms with Crippen LogP contribution in [0.15, 0.2) is 40.8 Å². The summed E-state index contributed by atoms with van der Waals surface area (Å²) >= 11 is 0. The number of carbonyl (C=O) groups excluding carboxylic acids is 1. The zero-order valence-electron chi connectivity index (χ0n) is 8.91. The number of hydrogen-bond donors (Lipinski definition) is 3. The second kappa shape index (κ2) is 6.34. The van der Waals surface area contributed by atoms with E-state index in [2.05, 4.69) is 0 Å². The minimum Gasteiger partial charge on any atom is -0.508 e. The summed E-state index contributed by atoms with van der Waals surface area (Å²) in [6, 6.07) is 8.92. The van der Waals surface area contributed by atoms with Crippen LogP contribution in [0.1, 0.15) is 16.3 Å². The van der Waals surface area contributed by atoms with E-state index in [1.807, 2.05) is 0 Å². The van der Waals surface area contributed by atoms with Gasteiger partial charge in [0.2, 0.25) is 0 Å². The van der Waals surface area contributed by atoms with Crippen molar-refractivity contribution in [2.24, 2.45) is 0 Å². The molecule has 0 amide bonds. The van der Waals surface area contributed by atoms with Crippen molar-refractivity contribution in [1.29, 1.82) is 0 Å². The van der Waals surface area contributed by atoms with Gasteiger partial charge in [-0.2, -0.15) is 0 Å². The first-order valence-corrected chi connectivity index (χ1v) is 4.78. The molecular formula is C12H12O5. The molecule has 2 aromatic rings. The van der Waals surface area contributed by atoms with Crippen molar-refractivity contribution in [2.75, 3.05) is 0 Å². The molecular weight excluding hydrogens is 224 g/mol. The summed E-state index contributed by atoms with van der Waals surface area (Å²) in [4.78, 5) is 9.96. The van der Waals surface area contributed by atoms with Gasteiger partial charge in [0.05, 0.1) is 0 Å². The largest absolute Gasteiger partial charge is 0.508 e. The Morgan fingerprint density at radius 3 is 2.06 bits per heavy atom. The molecule has 0 saturated carbocycles. The fourth-order valence-corrected chi connectivity index (χ4v) is 1.04. The second-order valence-electron chi connectivity index (χ2n) is 3.10. The lowest BCUT2D eigenvalue weighted by atomic mass is 10.3. The van der Waals surface area contributed by atoms with Crippen molar-refractivity contribution in [1.82, 2.24) is 0 Å². The molecule has 1 heterocycles. The summed E-state index contributed by atoms with van der Waals surface area (Å²) < 4.78 is 4.76. The minimum absolute atomic E-state index is 0.0880. The van der Waals surface area contributed by atoms with Crippen molar-refractivity contribution >= 4 is 6.29 Å². The summed E-state index contributed by atoms with van der Waals surface area (Å²) in [6.45, 7) is -0.159. The van der Waals surface area contributed by atoms with Gasteiger partial charge in [-0.1, -0.05) is 6.07 Å². The minimum atomic E-state index is -0.159. The lowest BCUT2D eigenvalue weighted by Crippen LogP contribution is -1.74. The van der Waals surface area contributed by atoms with Crippen LogP contribution in [0.3, 0.4) is 0 Å². The molecule has 0 aliphatic rings. The Kier molecular flexibility index (Phi) is 4.77. The summed E-state index contributed by atoms with van der Waals surface area (Å²) in [5.74, 6) is 0.839. The highest BCUT2D eigenvalue weighted by Crippen LogP contribution is 2.14. The second-order valence-corrected chi connectivity index (χ2v) is 3.10. The van der Waals surface area contributed by atoms with Crippen molar-refractivity contribution in [3.8, 4) is 11.5 Å². The van der Waals surface area contributed by atoms with Gasteiger partial charge in [0, 0.05) is 6.07 Å². The van der Waals surface area contributed by atoms with E-state index in [-0.39, 0.29) is 23.9 Å². The summed E-state index contributed by atoms with van der Waals surface area (Å²) in [7, 11) is 0. The average Bonchev–Trinajstić information content (AvgIpc) is 2.77. The van der Waals surface area contributed by atoms with Gasteiger partial charge in [-0.15, -0.1) is 0 Å². The van der Waals surface area contributed by atoms with E-state index in [4.69, 9.17) is 19.7 Å². The van der Waals surface area contributed by atoms with Crippen molar-refractivity contribution in [3.63, 3.8) is 0 Å². The summed E-state index contributed by atoms with van der Waals surface area (Å²) in [6.07, 6.45) is 0.596. The maximum Gasteiger partial charge on any atom is 0.185 e. The fraction of sp³-hybridized carbons (Fsp3) is 0.0833. The molecule has 1 aromatic heterocycles. The molecule has 17 heavy (non-hydrogen) atoms. The Labute approximate surface area is 97.6 Å². The number of hydrogen-bond acceptors (Lipinski definition) is 5. The van der Waals surface area contributed by atoms with Crippen LogP contribution in [0.5, 0.6) is 11.5 Å². The summed E-state index contributed by atoms with van der Waals surface area (Å²) in [5.41, 5.74) is 0. The highest BCUT2D eigenvalue weighted by molar-refractivity contribution is 5.70. The van der Waals surface area contributed by atoms with Crippen molar-refractivity contribution < 1.29 is 24.5 Å². The topological polar surface area (TPSA) is 90.9 Å². The maximum absolute atomic E-state index is 9.96. The highest BCUT2D eigenvalue weighted by atomic mass is 16.4. The number of phenolic OH excluding ortho intramolecular Hbond substituents is 2. The van der Waals surface area contributed by atoms with E-state index in [0.717, 1.165) is 0 Å². The molecule has 0 saturated heterocycles. The molecule has 2 rings (SSSR count). The normalized spacial score (nSPS) is 9.24. The molecule has 0 aliphatic carbocycles. The molecule has 0 aliphatic heterocycles. The van der Waals surface area contributed by atoms with Gasteiger partial charge < -0.3 is 19.7 Å². The average molecular weight is 236 g/mol. The third-order valence-corrected chi connectivity index (χ3v) is 1.78. The third kappa shape index (κ3) is 4.40. The molecule has 0 spiro atoms. The molecule has 90 valence electrons. The Morgan fingerprint density at radius 1 is 1.12 bits per heavy atom. The van der Waals surface area contributed by atoms with E-state index < -0.39 is 0 Å². The number of aromatic hydroxyl groups is 2. The first kappa shape index (κ1) is 12.8. The van der Waals surface area contributed by atoms with E-state index in [1.54, 1.807) is 12.1 Å². The Morgan fingerprint density at radius 2 is 1.76 bits per heavy atom. The van der Waals surface area contributed by atoms with Gasteiger partial charge in [-0.3, -0.25) is 4.79 Å². The Hall–Kier alpha value is -2.27. The molecule has 0 atom stereocenters. The number of rotatable bonds is 2. The monoisotopic (exact) mass is 236 g/mol. The smallest absolute Gasteiger partial charge is 0.185 e. The zero-order chi connectivity index (χ0) is 12.7. The first-order chi connectivity index (χ1) is 8.15. The van der Waals surface area contributed by atoms with Gasteiger partial charge in [0.15, 0.2) is 12.0 Å². The SMILES string of the molecule is O=Cc1ccc(CO)o1.Oc1cccc(O)c1. The van der Waals surface area contributed by atoms with Crippen molar-refractivity contribution in [2.45, 2.75) is 6.61 Å². The van der Waals surface area contributed by atoms with E-state index >= 15 is 0 Å². The first-order valence-electron chi connectivity index (χ1n) is 4.78. The number of aldehydes is 1. The predicted molar refractivity (Wildman–Crippen MR) is 59.8 cm³/mol. The molecule has 0 radical (unpaired) electrons. The molecule has 0 bridgehead atoms. The quantitative estimate of drug-likeness (QED) is 0.690. The van der Waals surface area contributed by atoms with Crippen LogP contribution < -0.4 is 0 Å². The lowest BCUT2D eigenvalue weighted by Gasteiger charge is -1.89. The van der Waals surface area contributed by atoms with Crippen LogP contribution in [0.2, 0.25) is 0 Å². The van der Waals surface area contributed by atoms with Crippen LogP contribution in [0, 0.1) is 0 Å². The molecule has 0 fully saturated rings. The van der Waals surface area contributed by atoms with Crippen LogP contribution in [-0.2, 0) is 6.61 Å². The highest BCUT2D eigenvalue weighted by Gasteiger charge is 1.96. The van der Waals surface area contributed by atoms with Crippen LogP contribution in [-0.4, -0.2) is 21.6 Å². The van der Waals surface area contributed by atoms with Gasteiger partial charge in [-0.25, -0.2) is 0 Å². The van der Waals surface area contributed by atoms with Crippen LogP contribution >= 0.6 is 0 Å². The van der Waals surface area contributed by atoms with Crippen LogP contribution in [0.25, 0.3) is 0 Å². The molecule has 3 N–H and O–H groups in total. The summed E-state index contributed by atoms with van der Waals surface area (Å²) in [5, 5.41) is 25.7. The fourth-order valence-electron chi connectivity index (χ4n) is 1.04. The molecule has 5 nitrogen and oxygen atoms in total. The number of phenols is 2. The molecule has 1 aromatic carbocycles. The molecule has 5 heteroatoms. The van der Waals surface area contributed by atoms with Gasteiger partial charge in [0.25, 0.3) is 0 Å². The van der Waals surface area contributed by atoms with Gasteiger partial charge >= 0.3 is 0 Å². The van der Waals surface area contributed by atoms with E-state index in [1.165, 1.54) is 24.3 Å². The van der Waals surface area contributed by atoms with Gasteiger partial charge in [-0.05, 0) is 24.3 Å². The maximum atomic E-state index is 9.96. The molecule has 0 unspecified atom stereocenters. The van der Waals surface area contributed by atoms with Crippen molar-refractivity contribution in [3.05, 3.63) is 47.9 Å². The zero-order valence-corrected chi connectivity index (χ0v) is 8.91. The number of carbonyl (C=O) groups is 1. The van der Waals surface area contributed by atoms with E-state index in [9.17, 15) is 4.79 Å². The van der Waals surface area contributed by atoms with Gasteiger partial charge in [0.1, 0.15) is 23.9 Å². The third-order valence-electron chi connectivity index (χ3n) is 1.78. The number of aliphatic hydroxyl groups excluding tert-OH is 1. The predicted octanol–water partition coefficient (Wildman–Crippen LogP) is 1.68. The van der Waals surface area contributed by atoms with E-state index in [0.29, 0.717) is 12.0 Å². The number of aliphatic hydroxyl groups is 1. The van der Waals surface area contributed by atoms with Crippen LogP contribution in [0.4, 0.5) is 0 Å². The Bertz CT molecular complexity index is 458. The lowest BCUT2D eigenvalue weighted by molar-refractivity contribution is 0.109. The standard InChI is InChI=1S/C6H6O3.C6H6O2/c7-3-5-1-2-6(4-8)9-5;7-5-2-1-3-6(8)4-5/h1-3,8H,4H2;1-4,7-8H. The number of furan rings is 1. The Balaban J connectivity index is 0.000000171.